The van der Waals surface area contributed by atoms with E-state index in [2.05, 4.69) is 38.2 Å². The second kappa shape index (κ2) is 5.19. The third-order valence-electron chi connectivity index (χ3n) is 3.95. The lowest BCUT2D eigenvalue weighted by atomic mass is 9.85. The number of thiazole rings is 1. The standard InChI is InChI=1S/C16H20N2OS/c1-4-17-16(15-18-11(2)12(3)20-15)9-10-19-14-8-6-5-7-13(14)16/h5-8,17H,4,9-10H2,1-3H3. The molecule has 3 nitrogen and oxygen atoms in total. The van der Waals surface area contributed by atoms with E-state index in [0.717, 1.165) is 36.0 Å². The zero-order chi connectivity index (χ0) is 14.2. The summed E-state index contributed by atoms with van der Waals surface area (Å²) in [5, 5.41) is 4.84. The number of para-hydroxylation sites is 1. The first-order chi connectivity index (χ1) is 9.67. The third-order valence-corrected chi connectivity index (χ3v) is 5.19. The Kier molecular flexibility index (Phi) is 3.52. The van der Waals surface area contributed by atoms with Crippen LogP contribution in [0.1, 0.15) is 34.5 Å². The Bertz CT molecular complexity index is 603. The Labute approximate surface area is 124 Å². The van der Waals surface area contributed by atoms with Crippen LogP contribution in [0.4, 0.5) is 0 Å². The number of ether oxygens (including phenoxy) is 1. The number of nitrogens with zero attached hydrogens (tertiary/aromatic N) is 1. The van der Waals surface area contributed by atoms with E-state index in [-0.39, 0.29) is 5.54 Å². The number of aryl methyl sites for hydroxylation is 2. The van der Waals surface area contributed by atoms with Crippen molar-refractivity contribution in [2.24, 2.45) is 0 Å². The molecule has 3 rings (SSSR count). The van der Waals surface area contributed by atoms with Crippen molar-refractivity contribution in [3.63, 3.8) is 0 Å². The molecule has 0 spiro atoms. The first-order valence-electron chi connectivity index (χ1n) is 7.09. The van der Waals surface area contributed by atoms with Gasteiger partial charge >= 0.3 is 0 Å². The fraction of sp³-hybridized carbons (Fsp3) is 0.438. The summed E-state index contributed by atoms with van der Waals surface area (Å²) in [7, 11) is 0. The van der Waals surface area contributed by atoms with Crippen molar-refractivity contribution < 1.29 is 4.74 Å². The molecule has 2 aromatic rings. The highest BCUT2D eigenvalue weighted by Crippen LogP contribution is 2.43. The second-order valence-electron chi connectivity index (χ2n) is 5.19. The van der Waals surface area contributed by atoms with Crippen molar-refractivity contribution in [1.29, 1.82) is 0 Å². The molecule has 20 heavy (non-hydrogen) atoms. The normalized spacial score (nSPS) is 21.4. The predicted octanol–water partition coefficient (Wildman–Crippen LogP) is 3.40. The van der Waals surface area contributed by atoms with Crippen LogP contribution in [0.25, 0.3) is 0 Å². The Morgan fingerprint density at radius 1 is 1.35 bits per heavy atom. The molecule has 0 aliphatic carbocycles. The molecule has 1 aliphatic heterocycles. The van der Waals surface area contributed by atoms with Crippen LogP contribution in [0.15, 0.2) is 24.3 Å². The summed E-state index contributed by atoms with van der Waals surface area (Å²) in [6, 6.07) is 8.31. The highest BCUT2D eigenvalue weighted by atomic mass is 32.1. The summed E-state index contributed by atoms with van der Waals surface area (Å²) >= 11 is 1.79. The van der Waals surface area contributed by atoms with Gasteiger partial charge in [0.25, 0.3) is 0 Å². The van der Waals surface area contributed by atoms with E-state index in [4.69, 9.17) is 9.72 Å². The maximum atomic E-state index is 5.82. The molecule has 1 aromatic heterocycles. The largest absolute Gasteiger partial charge is 0.493 e. The summed E-state index contributed by atoms with van der Waals surface area (Å²) in [5.74, 6) is 0.977. The molecule has 0 saturated carbocycles. The maximum absolute atomic E-state index is 5.82. The molecule has 106 valence electrons. The molecule has 1 atom stereocenters. The molecule has 1 aromatic carbocycles. The minimum absolute atomic E-state index is 0.201. The minimum atomic E-state index is -0.201. The van der Waals surface area contributed by atoms with E-state index in [1.807, 2.05) is 12.1 Å². The summed E-state index contributed by atoms with van der Waals surface area (Å²) < 4.78 is 5.82. The first kappa shape index (κ1) is 13.6. The molecule has 1 N–H and O–H groups in total. The third kappa shape index (κ3) is 2.03. The van der Waals surface area contributed by atoms with Crippen LogP contribution < -0.4 is 10.1 Å². The summed E-state index contributed by atoms with van der Waals surface area (Å²) in [6.07, 6.45) is 0.921. The fourth-order valence-electron chi connectivity index (χ4n) is 2.83. The van der Waals surface area contributed by atoms with Gasteiger partial charge in [0.1, 0.15) is 16.3 Å². The zero-order valence-corrected chi connectivity index (χ0v) is 13.0. The number of fused-ring (bicyclic) bond motifs is 1. The van der Waals surface area contributed by atoms with Crippen LogP contribution in [-0.4, -0.2) is 18.1 Å². The molecule has 0 bridgehead atoms. The van der Waals surface area contributed by atoms with Gasteiger partial charge in [-0.15, -0.1) is 11.3 Å². The summed E-state index contributed by atoms with van der Waals surface area (Å²) in [4.78, 5) is 6.12. The van der Waals surface area contributed by atoms with Gasteiger partial charge < -0.3 is 10.1 Å². The average molecular weight is 288 g/mol. The molecule has 1 aliphatic rings. The van der Waals surface area contributed by atoms with Crippen LogP contribution in [0.2, 0.25) is 0 Å². The van der Waals surface area contributed by atoms with Gasteiger partial charge in [0.2, 0.25) is 0 Å². The number of hydrogen-bond acceptors (Lipinski definition) is 4. The number of aromatic nitrogens is 1. The first-order valence-corrected chi connectivity index (χ1v) is 7.91. The van der Waals surface area contributed by atoms with Gasteiger partial charge in [-0.25, -0.2) is 4.98 Å². The van der Waals surface area contributed by atoms with Crippen molar-refractivity contribution in [1.82, 2.24) is 10.3 Å². The van der Waals surface area contributed by atoms with Crippen LogP contribution in [0.3, 0.4) is 0 Å². The summed E-state index contributed by atoms with van der Waals surface area (Å²) in [6.45, 7) is 8.00. The minimum Gasteiger partial charge on any atom is -0.493 e. The SMILES string of the molecule is CCNC1(c2nc(C)c(C)s2)CCOc2ccccc21. The Morgan fingerprint density at radius 3 is 2.85 bits per heavy atom. The van der Waals surface area contributed by atoms with Gasteiger partial charge in [0.15, 0.2) is 0 Å². The van der Waals surface area contributed by atoms with E-state index >= 15 is 0 Å². The van der Waals surface area contributed by atoms with Gasteiger partial charge in [-0.3, -0.25) is 0 Å². The topological polar surface area (TPSA) is 34.2 Å². The Hall–Kier alpha value is -1.39. The molecule has 0 radical (unpaired) electrons. The van der Waals surface area contributed by atoms with Crippen LogP contribution in [0, 0.1) is 13.8 Å². The zero-order valence-electron chi connectivity index (χ0n) is 12.2. The van der Waals surface area contributed by atoms with Crippen LogP contribution in [-0.2, 0) is 5.54 Å². The van der Waals surface area contributed by atoms with Crippen molar-refractivity contribution in [2.45, 2.75) is 32.7 Å². The quantitative estimate of drug-likeness (QED) is 0.940. The van der Waals surface area contributed by atoms with Gasteiger partial charge in [-0.1, -0.05) is 25.1 Å². The van der Waals surface area contributed by atoms with Crippen molar-refractivity contribution >= 4 is 11.3 Å². The number of hydrogen-bond donors (Lipinski definition) is 1. The van der Waals surface area contributed by atoms with Gasteiger partial charge in [0.05, 0.1) is 12.3 Å². The van der Waals surface area contributed by atoms with Gasteiger partial charge in [0, 0.05) is 16.9 Å². The molecular formula is C16H20N2OS. The van der Waals surface area contributed by atoms with Gasteiger partial charge in [-0.2, -0.15) is 0 Å². The lowest BCUT2D eigenvalue weighted by molar-refractivity contribution is 0.212. The highest BCUT2D eigenvalue weighted by molar-refractivity contribution is 7.11. The fourth-order valence-corrected chi connectivity index (χ4v) is 3.96. The van der Waals surface area contributed by atoms with Crippen LogP contribution >= 0.6 is 11.3 Å². The van der Waals surface area contributed by atoms with E-state index in [1.54, 1.807) is 11.3 Å². The van der Waals surface area contributed by atoms with E-state index in [0.29, 0.717) is 0 Å². The number of benzene rings is 1. The summed E-state index contributed by atoms with van der Waals surface area (Å²) in [5.41, 5.74) is 2.14. The Balaban J connectivity index is 2.18. The van der Waals surface area contributed by atoms with Crippen molar-refractivity contribution in [2.75, 3.05) is 13.2 Å². The molecular weight excluding hydrogens is 268 g/mol. The number of rotatable bonds is 3. The number of nitrogens with one attached hydrogen (secondary N) is 1. The maximum Gasteiger partial charge on any atom is 0.124 e. The molecule has 0 fully saturated rings. The van der Waals surface area contributed by atoms with E-state index < -0.39 is 0 Å². The highest BCUT2D eigenvalue weighted by Gasteiger charge is 2.41. The second-order valence-corrected chi connectivity index (χ2v) is 6.39. The lowest BCUT2D eigenvalue weighted by Crippen LogP contribution is -2.46. The van der Waals surface area contributed by atoms with E-state index in [9.17, 15) is 0 Å². The molecule has 0 amide bonds. The lowest BCUT2D eigenvalue weighted by Gasteiger charge is -2.38. The smallest absolute Gasteiger partial charge is 0.124 e. The molecule has 4 heteroatoms. The molecule has 2 heterocycles. The Morgan fingerprint density at radius 2 is 2.15 bits per heavy atom. The van der Waals surface area contributed by atoms with Crippen molar-refractivity contribution in [3.8, 4) is 5.75 Å². The molecule has 1 unspecified atom stereocenters. The average Bonchev–Trinajstić information content (AvgIpc) is 2.80. The van der Waals surface area contributed by atoms with Crippen molar-refractivity contribution in [3.05, 3.63) is 45.4 Å². The van der Waals surface area contributed by atoms with Gasteiger partial charge in [-0.05, 0) is 26.5 Å². The molecule has 0 saturated heterocycles. The monoisotopic (exact) mass is 288 g/mol. The van der Waals surface area contributed by atoms with Crippen LogP contribution in [0.5, 0.6) is 5.75 Å². The predicted molar refractivity (Wildman–Crippen MR) is 82.6 cm³/mol. The van der Waals surface area contributed by atoms with E-state index in [1.165, 1.54) is 10.4 Å².